The molecule has 20 heavy (non-hydrogen) atoms. The maximum atomic E-state index is 12.4. The summed E-state index contributed by atoms with van der Waals surface area (Å²) in [6, 6.07) is 13.6. The summed E-state index contributed by atoms with van der Waals surface area (Å²) in [7, 11) is 1.98. The Bertz CT molecular complexity index is 707. The first-order valence-corrected chi connectivity index (χ1v) is 6.25. The van der Waals surface area contributed by atoms with Crippen molar-refractivity contribution in [3.05, 3.63) is 65.6 Å². The number of pyridine rings is 1. The second-order valence-corrected chi connectivity index (χ2v) is 4.70. The van der Waals surface area contributed by atoms with Crippen LogP contribution in [0.2, 0.25) is 0 Å². The molecule has 1 aliphatic heterocycles. The van der Waals surface area contributed by atoms with Crippen LogP contribution < -0.4 is 33.9 Å². The maximum Gasteiger partial charge on any atom is 0.211 e. The fraction of sp³-hybridized carbons (Fsp3) is 0.125. The van der Waals surface area contributed by atoms with E-state index in [1.165, 1.54) is 0 Å². The van der Waals surface area contributed by atoms with Gasteiger partial charge in [0, 0.05) is 29.0 Å². The molecule has 2 aromatic rings. The van der Waals surface area contributed by atoms with Gasteiger partial charge in [-0.2, -0.15) is 0 Å². The van der Waals surface area contributed by atoms with Gasteiger partial charge in [-0.15, -0.1) is 0 Å². The number of allylic oxidation sites excluding steroid dienone is 2. The standard InChI is InChI=1S/C16H14N2O.HI/c1-11(14-9-5-6-10-18(14)2)15-16(19)12-7-3-4-8-13(12)17-15;/h3-10H,1-2H3;1H. The molecule has 0 saturated carbocycles. The lowest BCUT2D eigenvalue weighted by Crippen LogP contribution is -3.00. The number of aryl methyl sites for hydroxylation is 1. The number of carbonyl (C=O) groups is 1. The van der Waals surface area contributed by atoms with Crippen molar-refractivity contribution in [3.63, 3.8) is 0 Å². The monoisotopic (exact) mass is 378 g/mol. The Morgan fingerprint density at radius 1 is 1.10 bits per heavy atom. The summed E-state index contributed by atoms with van der Waals surface area (Å²) in [5.74, 6) is 0.0666. The number of carbonyl (C=O) groups excluding carboxylic acids is 1. The number of hydrogen-bond acceptors (Lipinski definition) is 2. The van der Waals surface area contributed by atoms with Gasteiger partial charge in [0.05, 0.1) is 5.70 Å². The molecule has 0 saturated heterocycles. The second kappa shape index (κ2) is 5.75. The van der Waals surface area contributed by atoms with E-state index in [1.54, 1.807) is 0 Å². The summed E-state index contributed by atoms with van der Waals surface area (Å²) in [4.78, 5) is 12.4. The normalized spacial score (nSPS) is 15.2. The molecular weight excluding hydrogens is 363 g/mol. The molecule has 4 heteroatoms. The van der Waals surface area contributed by atoms with Gasteiger partial charge < -0.3 is 29.3 Å². The summed E-state index contributed by atoms with van der Waals surface area (Å²) < 4.78 is 2.01. The Kier molecular flexibility index (Phi) is 4.23. The van der Waals surface area contributed by atoms with Crippen LogP contribution in [0, 0.1) is 0 Å². The first-order valence-electron chi connectivity index (χ1n) is 6.25. The lowest BCUT2D eigenvalue weighted by Gasteiger charge is -2.04. The van der Waals surface area contributed by atoms with Gasteiger partial charge in [0.25, 0.3) is 0 Å². The fourth-order valence-electron chi connectivity index (χ4n) is 2.42. The Balaban J connectivity index is 0.00000147. The van der Waals surface area contributed by atoms with Crippen molar-refractivity contribution in [1.82, 2.24) is 0 Å². The van der Waals surface area contributed by atoms with Crippen molar-refractivity contribution >= 4 is 17.0 Å². The number of benzene rings is 1. The van der Waals surface area contributed by atoms with Gasteiger partial charge in [-0.25, -0.2) is 4.57 Å². The zero-order chi connectivity index (χ0) is 13.4. The average Bonchev–Trinajstić information content (AvgIpc) is 2.77. The fourth-order valence-corrected chi connectivity index (χ4v) is 2.42. The van der Waals surface area contributed by atoms with Gasteiger partial charge >= 0.3 is 0 Å². The molecule has 0 bridgehead atoms. The van der Waals surface area contributed by atoms with E-state index in [9.17, 15) is 4.79 Å². The zero-order valence-electron chi connectivity index (χ0n) is 11.4. The summed E-state index contributed by atoms with van der Waals surface area (Å²) in [5.41, 5.74) is 4.30. The van der Waals surface area contributed by atoms with E-state index in [2.05, 4.69) is 5.32 Å². The number of nitrogens with one attached hydrogen (secondary N) is 1. The number of anilines is 1. The topological polar surface area (TPSA) is 33.0 Å². The molecule has 0 radical (unpaired) electrons. The summed E-state index contributed by atoms with van der Waals surface area (Å²) in [6.45, 7) is 1.97. The molecule has 3 nitrogen and oxygen atoms in total. The minimum absolute atomic E-state index is 0. The first-order chi connectivity index (χ1) is 9.18. The van der Waals surface area contributed by atoms with Crippen molar-refractivity contribution in [1.29, 1.82) is 0 Å². The Labute approximate surface area is 135 Å². The minimum Gasteiger partial charge on any atom is -1.00 e. The quantitative estimate of drug-likeness (QED) is 0.415. The van der Waals surface area contributed by atoms with Crippen LogP contribution in [-0.4, -0.2) is 5.78 Å². The third-order valence-electron chi connectivity index (χ3n) is 3.47. The predicted molar refractivity (Wildman–Crippen MR) is 74.6 cm³/mol. The van der Waals surface area contributed by atoms with Crippen LogP contribution >= 0.6 is 0 Å². The molecule has 1 aliphatic rings. The van der Waals surface area contributed by atoms with E-state index in [4.69, 9.17) is 0 Å². The lowest BCUT2D eigenvalue weighted by molar-refractivity contribution is -0.673. The predicted octanol–water partition coefficient (Wildman–Crippen LogP) is -0.445. The van der Waals surface area contributed by atoms with E-state index < -0.39 is 0 Å². The summed E-state index contributed by atoms with van der Waals surface area (Å²) in [6.07, 6.45) is 1.98. The zero-order valence-corrected chi connectivity index (χ0v) is 13.5. The van der Waals surface area contributed by atoms with Gasteiger partial charge in [-0.05, 0) is 25.1 Å². The van der Waals surface area contributed by atoms with E-state index in [-0.39, 0.29) is 29.8 Å². The SMILES string of the molecule is CC(=C1Nc2ccccc2C1=O)c1cccc[n+]1C.[I-]. The molecule has 0 aliphatic carbocycles. The van der Waals surface area contributed by atoms with Gasteiger partial charge in [0.15, 0.2) is 6.20 Å². The highest BCUT2D eigenvalue weighted by molar-refractivity contribution is 6.21. The van der Waals surface area contributed by atoms with Crippen LogP contribution in [0.15, 0.2) is 54.4 Å². The van der Waals surface area contributed by atoms with Gasteiger partial charge in [0.1, 0.15) is 7.05 Å². The van der Waals surface area contributed by atoms with Crippen LogP contribution in [0.25, 0.3) is 5.57 Å². The van der Waals surface area contributed by atoms with Gasteiger partial charge in [-0.1, -0.05) is 12.1 Å². The van der Waals surface area contributed by atoms with E-state index in [0.29, 0.717) is 5.70 Å². The largest absolute Gasteiger partial charge is 1.00 e. The molecule has 3 rings (SSSR count). The van der Waals surface area contributed by atoms with E-state index in [0.717, 1.165) is 22.5 Å². The van der Waals surface area contributed by atoms with Crippen molar-refractivity contribution in [2.24, 2.45) is 7.05 Å². The Morgan fingerprint density at radius 2 is 1.80 bits per heavy atom. The lowest BCUT2D eigenvalue weighted by atomic mass is 10.1. The third-order valence-corrected chi connectivity index (χ3v) is 3.47. The maximum absolute atomic E-state index is 12.4. The van der Waals surface area contributed by atoms with Crippen LogP contribution in [-0.2, 0) is 7.05 Å². The van der Waals surface area contributed by atoms with Crippen LogP contribution in [0.3, 0.4) is 0 Å². The van der Waals surface area contributed by atoms with Crippen LogP contribution in [0.4, 0.5) is 5.69 Å². The smallest absolute Gasteiger partial charge is 0.211 e. The van der Waals surface area contributed by atoms with Gasteiger partial charge in [-0.3, -0.25) is 4.79 Å². The van der Waals surface area contributed by atoms with Crippen LogP contribution in [0.1, 0.15) is 23.0 Å². The Morgan fingerprint density at radius 3 is 2.50 bits per heavy atom. The van der Waals surface area contributed by atoms with Crippen molar-refractivity contribution < 1.29 is 33.3 Å². The summed E-state index contributed by atoms with van der Waals surface area (Å²) >= 11 is 0. The number of fused-ring (bicyclic) bond motifs is 1. The first kappa shape index (κ1) is 14.7. The van der Waals surface area contributed by atoms with Crippen molar-refractivity contribution in [3.8, 4) is 0 Å². The second-order valence-electron chi connectivity index (χ2n) is 4.70. The molecule has 0 atom stereocenters. The number of ketones is 1. The number of para-hydroxylation sites is 1. The van der Waals surface area contributed by atoms with Crippen molar-refractivity contribution in [2.75, 3.05) is 5.32 Å². The number of Topliss-reactive ketones (excluding diaryl/α,β-unsaturated/α-hetero) is 1. The molecule has 0 spiro atoms. The van der Waals surface area contributed by atoms with Gasteiger partial charge in [0.2, 0.25) is 11.5 Å². The number of nitrogens with zero attached hydrogens (tertiary/aromatic N) is 1. The van der Waals surface area contributed by atoms with Crippen LogP contribution in [0.5, 0.6) is 0 Å². The number of aromatic nitrogens is 1. The third kappa shape index (κ3) is 2.35. The molecule has 1 aromatic heterocycles. The number of hydrogen-bond donors (Lipinski definition) is 1. The molecule has 1 aromatic carbocycles. The van der Waals surface area contributed by atoms with Crippen molar-refractivity contribution in [2.45, 2.75) is 6.92 Å². The Hall–Kier alpha value is -1.69. The average molecular weight is 378 g/mol. The summed E-state index contributed by atoms with van der Waals surface area (Å²) in [5, 5.41) is 3.23. The number of rotatable bonds is 1. The highest BCUT2D eigenvalue weighted by Gasteiger charge is 2.27. The highest BCUT2D eigenvalue weighted by atomic mass is 127. The highest BCUT2D eigenvalue weighted by Crippen LogP contribution is 2.31. The molecular formula is C16H15IN2O. The molecule has 102 valence electrons. The number of halogens is 1. The molecule has 0 amide bonds. The molecule has 1 N–H and O–H groups in total. The van der Waals surface area contributed by atoms with E-state index in [1.807, 2.05) is 67.2 Å². The molecule has 0 fully saturated rings. The molecule has 0 unspecified atom stereocenters. The van der Waals surface area contributed by atoms with E-state index >= 15 is 0 Å². The molecule has 2 heterocycles. The minimum atomic E-state index is 0.